The standard InChI is InChI=1S/C54H83N4O16P/c1-8-43(25-21-32-70-52(62)56-46-28-30-48(42(6)40-46)58-54(64)72-38-36-68-50(60)11-4)24-18-14-16-20-33-73-75(65,66-7)74-34-22-26-44(9-2)23-17-13-12-15-19-31-69-51(61)55-45-27-29-47(41(5)39-45)57-53(63)71-37-35-67-49(59)10-3/h10-11,27-30,39-40,43-44H,3-4,8-9,12-26,31-38H2,1-2,5-7H3,(H,55,61)(H,56,62)(H,57,63)(H,58,64). The maximum atomic E-state index is 13.0. The van der Waals surface area contributed by atoms with Crippen molar-refractivity contribution >= 4 is 66.9 Å². The summed E-state index contributed by atoms with van der Waals surface area (Å²) in [6.45, 7) is 15.3. The first kappa shape index (κ1) is 65.2. The minimum Gasteiger partial charge on any atom is -0.459 e. The molecule has 0 saturated carbocycles. The minimum absolute atomic E-state index is 0.0865. The van der Waals surface area contributed by atoms with E-state index in [9.17, 15) is 33.3 Å². The van der Waals surface area contributed by atoms with Gasteiger partial charge in [-0.1, -0.05) is 97.6 Å². The van der Waals surface area contributed by atoms with Gasteiger partial charge in [-0.25, -0.2) is 33.3 Å². The van der Waals surface area contributed by atoms with Crippen molar-refractivity contribution in [1.29, 1.82) is 0 Å². The summed E-state index contributed by atoms with van der Waals surface area (Å²) in [5, 5.41) is 10.6. The average molecular weight is 1080 g/mol. The second-order valence-corrected chi connectivity index (χ2v) is 19.5. The molecule has 0 bridgehead atoms. The number of benzene rings is 2. The third-order valence-corrected chi connectivity index (χ3v) is 13.4. The Morgan fingerprint density at radius 3 is 1.25 bits per heavy atom. The van der Waals surface area contributed by atoms with Crippen LogP contribution >= 0.6 is 7.82 Å². The SMILES string of the molecule is C=CC(=O)OCCOC(=O)Nc1ccc(NC(=O)OCCCCCCCC(CC)CCCOP(=O)(OC)OCCCCCCC(CC)CCCOC(=O)Nc2ccc(NC(=O)OCCOC(=O)C=C)c(C)c2)cc1C. The molecular weight excluding hydrogens is 992 g/mol. The Balaban J connectivity index is 1.48. The molecule has 75 heavy (non-hydrogen) atoms. The summed E-state index contributed by atoms with van der Waals surface area (Å²) in [4.78, 5) is 71.0. The topological polar surface area (TPSA) is 251 Å². The van der Waals surface area contributed by atoms with E-state index >= 15 is 0 Å². The molecule has 0 aliphatic heterocycles. The lowest BCUT2D eigenvalue weighted by atomic mass is 9.94. The summed E-state index contributed by atoms with van der Waals surface area (Å²) in [6, 6.07) is 9.96. The van der Waals surface area contributed by atoms with E-state index in [1.54, 1.807) is 50.2 Å². The minimum atomic E-state index is -3.62. The van der Waals surface area contributed by atoms with E-state index in [-0.39, 0.29) is 26.4 Å². The maximum Gasteiger partial charge on any atom is 0.474 e. The number of phosphoric ester groups is 1. The van der Waals surface area contributed by atoms with Crippen molar-refractivity contribution in [2.75, 3.05) is 81.2 Å². The van der Waals surface area contributed by atoms with Crippen LogP contribution in [-0.4, -0.2) is 96.3 Å². The van der Waals surface area contributed by atoms with E-state index in [2.05, 4.69) is 48.3 Å². The van der Waals surface area contributed by atoms with Crippen LogP contribution in [0.1, 0.15) is 134 Å². The molecule has 0 radical (unpaired) electrons. The number of hydrogen-bond acceptors (Lipinski definition) is 16. The van der Waals surface area contributed by atoms with Crippen molar-refractivity contribution in [3.05, 3.63) is 72.8 Å². The first-order chi connectivity index (χ1) is 36.1. The van der Waals surface area contributed by atoms with Gasteiger partial charge in [-0.15, -0.1) is 0 Å². The Labute approximate surface area is 443 Å². The lowest BCUT2D eigenvalue weighted by molar-refractivity contribution is -0.139. The van der Waals surface area contributed by atoms with E-state index in [1.807, 2.05) is 0 Å². The molecule has 0 aliphatic carbocycles. The number of carbonyl (C=O) groups excluding carboxylic acids is 6. The van der Waals surface area contributed by atoms with Crippen molar-refractivity contribution in [3.63, 3.8) is 0 Å². The van der Waals surface area contributed by atoms with E-state index in [0.717, 1.165) is 121 Å². The number of anilines is 4. The molecule has 0 heterocycles. The fourth-order valence-electron chi connectivity index (χ4n) is 7.66. The number of unbranched alkanes of at least 4 members (excludes halogenated alkanes) is 7. The number of ether oxygens (including phenoxy) is 6. The zero-order chi connectivity index (χ0) is 55.1. The molecule has 0 spiro atoms. The number of rotatable bonds is 40. The van der Waals surface area contributed by atoms with Gasteiger partial charge in [-0.05, 0) is 112 Å². The van der Waals surface area contributed by atoms with Gasteiger partial charge in [0, 0.05) is 42.0 Å². The Morgan fingerprint density at radius 1 is 0.480 bits per heavy atom. The van der Waals surface area contributed by atoms with E-state index < -0.39 is 44.1 Å². The molecule has 4 N–H and O–H groups in total. The largest absolute Gasteiger partial charge is 0.474 e. The summed E-state index contributed by atoms with van der Waals surface area (Å²) in [7, 11) is -2.27. The van der Waals surface area contributed by atoms with Crippen molar-refractivity contribution in [2.24, 2.45) is 11.8 Å². The summed E-state index contributed by atoms with van der Waals surface area (Å²) >= 11 is 0. The van der Waals surface area contributed by atoms with Gasteiger partial charge in [0.1, 0.15) is 26.4 Å². The number of aryl methyl sites for hydroxylation is 2. The lowest BCUT2D eigenvalue weighted by Crippen LogP contribution is -2.18. The molecule has 420 valence electrons. The second-order valence-electron chi connectivity index (χ2n) is 17.7. The number of phosphoric acid groups is 1. The predicted octanol–water partition coefficient (Wildman–Crippen LogP) is 13.3. The Morgan fingerprint density at radius 2 is 0.827 bits per heavy atom. The van der Waals surface area contributed by atoms with Crippen molar-refractivity contribution in [3.8, 4) is 0 Å². The Kier molecular flexibility index (Phi) is 34.3. The monoisotopic (exact) mass is 1070 g/mol. The molecular formula is C54H83N4O16P. The number of amides is 4. The zero-order valence-corrected chi connectivity index (χ0v) is 45.7. The molecule has 20 nitrogen and oxygen atoms in total. The second kappa shape index (κ2) is 39.5. The van der Waals surface area contributed by atoms with Crippen LogP contribution in [0, 0.1) is 25.7 Å². The van der Waals surface area contributed by atoms with Gasteiger partial charge in [0.2, 0.25) is 0 Å². The molecule has 2 aromatic carbocycles. The van der Waals surface area contributed by atoms with Gasteiger partial charge >= 0.3 is 44.1 Å². The molecule has 4 amide bonds. The fourth-order valence-corrected chi connectivity index (χ4v) is 8.65. The molecule has 3 atom stereocenters. The van der Waals surface area contributed by atoms with E-state index in [0.29, 0.717) is 72.1 Å². The molecule has 3 unspecified atom stereocenters. The van der Waals surface area contributed by atoms with Crippen molar-refractivity contribution in [2.45, 2.75) is 137 Å². The first-order valence-corrected chi connectivity index (χ1v) is 27.6. The number of hydrogen-bond donors (Lipinski definition) is 4. The Bertz CT molecular complexity index is 2110. The van der Waals surface area contributed by atoms with Gasteiger partial charge in [0.15, 0.2) is 0 Å². The number of carbonyl (C=O) groups is 6. The zero-order valence-electron chi connectivity index (χ0n) is 44.8. The van der Waals surface area contributed by atoms with Crippen LogP contribution in [0.25, 0.3) is 0 Å². The van der Waals surface area contributed by atoms with Crippen LogP contribution in [0.2, 0.25) is 0 Å². The van der Waals surface area contributed by atoms with Crippen LogP contribution in [0.5, 0.6) is 0 Å². The highest BCUT2D eigenvalue weighted by Gasteiger charge is 2.24. The molecule has 2 rings (SSSR count). The van der Waals surface area contributed by atoms with Crippen molar-refractivity contribution in [1.82, 2.24) is 0 Å². The molecule has 0 saturated heterocycles. The summed E-state index contributed by atoms with van der Waals surface area (Å²) < 4.78 is 59.7. The average Bonchev–Trinajstić information content (AvgIpc) is 3.39. The van der Waals surface area contributed by atoms with Gasteiger partial charge in [0.05, 0.1) is 26.4 Å². The third kappa shape index (κ3) is 30.9. The van der Waals surface area contributed by atoms with Crippen LogP contribution in [0.15, 0.2) is 61.7 Å². The molecule has 2 aromatic rings. The highest BCUT2D eigenvalue weighted by Crippen LogP contribution is 2.49. The summed E-state index contributed by atoms with van der Waals surface area (Å²) in [5.41, 5.74) is 3.44. The van der Waals surface area contributed by atoms with Crippen LogP contribution in [0.4, 0.5) is 41.9 Å². The van der Waals surface area contributed by atoms with E-state index in [1.165, 1.54) is 7.11 Å². The molecule has 0 aromatic heterocycles. The van der Waals surface area contributed by atoms with Crippen LogP contribution in [-0.2, 0) is 56.1 Å². The predicted molar refractivity (Wildman–Crippen MR) is 288 cm³/mol. The molecule has 21 heteroatoms. The quantitative estimate of drug-likeness (QED) is 0.0159. The van der Waals surface area contributed by atoms with Gasteiger partial charge < -0.3 is 28.4 Å². The van der Waals surface area contributed by atoms with Crippen LogP contribution in [0.3, 0.4) is 0 Å². The normalized spacial score (nSPS) is 12.4. The molecule has 0 aliphatic rings. The van der Waals surface area contributed by atoms with Gasteiger partial charge in [-0.2, -0.15) is 0 Å². The van der Waals surface area contributed by atoms with Gasteiger partial charge in [0.25, 0.3) is 0 Å². The lowest BCUT2D eigenvalue weighted by Gasteiger charge is -2.18. The summed E-state index contributed by atoms with van der Waals surface area (Å²) in [6.07, 6.45) is 15.9. The van der Waals surface area contributed by atoms with Gasteiger partial charge in [-0.3, -0.25) is 34.8 Å². The third-order valence-electron chi connectivity index (χ3n) is 12.0. The number of esters is 2. The smallest absolute Gasteiger partial charge is 0.459 e. The molecule has 0 fully saturated rings. The van der Waals surface area contributed by atoms with Crippen LogP contribution < -0.4 is 21.3 Å². The Hall–Kier alpha value is -5.95. The summed E-state index contributed by atoms with van der Waals surface area (Å²) in [5.74, 6) is -0.141. The highest BCUT2D eigenvalue weighted by molar-refractivity contribution is 7.48. The van der Waals surface area contributed by atoms with Crippen molar-refractivity contribution < 1.29 is 75.3 Å². The number of nitrogens with one attached hydrogen (secondary N) is 4. The highest BCUT2D eigenvalue weighted by atomic mass is 31.2. The fraction of sp³-hybridized carbons (Fsp3) is 0.593. The first-order valence-electron chi connectivity index (χ1n) is 26.1. The maximum absolute atomic E-state index is 13.0. The van der Waals surface area contributed by atoms with E-state index in [4.69, 9.17) is 42.0 Å².